The Balaban J connectivity index is 1.62. The van der Waals surface area contributed by atoms with Crippen molar-refractivity contribution in [3.63, 3.8) is 0 Å². The Morgan fingerprint density at radius 1 is 1.04 bits per heavy atom. The van der Waals surface area contributed by atoms with Crippen molar-refractivity contribution in [2.75, 3.05) is 0 Å². The standard InChI is InChI=1S/C20H16N2O3/c1-12(18-11-14-7-3-5-9-17(14)25-18)21-20(24)16-10-13-6-2-4-8-15(13)19(23)22-16/h2-12H,1H3,(H,21,24)(H,22,23). The van der Waals surface area contributed by atoms with Crippen molar-refractivity contribution in [2.45, 2.75) is 13.0 Å². The number of hydrogen-bond acceptors (Lipinski definition) is 3. The lowest BCUT2D eigenvalue weighted by Crippen LogP contribution is -2.28. The number of rotatable bonds is 3. The van der Waals surface area contributed by atoms with E-state index in [1.54, 1.807) is 18.2 Å². The second-order valence-electron chi connectivity index (χ2n) is 5.98. The molecule has 2 aromatic heterocycles. The first kappa shape index (κ1) is 15.2. The number of nitrogens with one attached hydrogen (secondary N) is 2. The monoisotopic (exact) mass is 332 g/mol. The molecule has 1 atom stereocenters. The molecule has 0 saturated heterocycles. The maximum atomic E-state index is 12.5. The average molecular weight is 332 g/mol. The molecule has 0 radical (unpaired) electrons. The fourth-order valence-corrected chi connectivity index (χ4v) is 2.89. The van der Waals surface area contributed by atoms with Gasteiger partial charge in [-0.1, -0.05) is 36.4 Å². The SMILES string of the molecule is CC(NC(=O)c1cc2ccccc2c(=O)[nH]1)c1cc2ccccc2o1. The predicted molar refractivity (Wildman–Crippen MR) is 96.7 cm³/mol. The molecule has 0 aliphatic heterocycles. The third-order valence-electron chi connectivity index (χ3n) is 4.22. The van der Waals surface area contributed by atoms with Gasteiger partial charge in [0, 0.05) is 10.8 Å². The molecular formula is C20H16N2O3. The Labute approximate surface area is 143 Å². The first-order valence-corrected chi connectivity index (χ1v) is 8.03. The van der Waals surface area contributed by atoms with Gasteiger partial charge in [0.25, 0.3) is 11.5 Å². The number of hydrogen-bond donors (Lipinski definition) is 2. The number of amides is 1. The molecule has 1 amide bonds. The lowest BCUT2D eigenvalue weighted by atomic mass is 10.1. The molecule has 2 N–H and O–H groups in total. The number of aromatic amines is 1. The summed E-state index contributed by atoms with van der Waals surface area (Å²) in [4.78, 5) is 27.3. The van der Waals surface area contributed by atoms with Crippen LogP contribution in [0, 0.1) is 0 Å². The molecular weight excluding hydrogens is 316 g/mol. The van der Waals surface area contributed by atoms with E-state index < -0.39 is 0 Å². The highest BCUT2D eigenvalue weighted by atomic mass is 16.3. The van der Waals surface area contributed by atoms with Gasteiger partial charge in [0.1, 0.15) is 17.0 Å². The lowest BCUT2D eigenvalue weighted by Gasteiger charge is -2.11. The van der Waals surface area contributed by atoms with Crippen molar-refractivity contribution in [3.8, 4) is 0 Å². The molecule has 2 heterocycles. The van der Waals surface area contributed by atoms with E-state index in [2.05, 4.69) is 10.3 Å². The second kappa shape index (κ2) is 5.94. The fraction of sp³-hybridized carbons (Fsp3) is 0.100. The minimum absolute atomic E-state index is 0.228. The zero-order valence-electron chi connectivity index (χ0n) is 13.6. The van der Waals surface area contributed by atoms with Crippen LogP contribution in [0.2, 0.25) is 0 Å². The largest absolute Gasteiger partial charge is 0.459 e. The summed E-state index contributed by atoms with van der Waals surface area (Å²) in [6.45, 7) is 1.84. The average Bonchev–Trinajstić information content (AvgIpc) is 3.06. The van der Waals surface area contributed by atoms with Crippen molar-refractivity contribution >= 4 is 27.6 Å². The van der Waals surface area contributed by atoms with Crippen LogP contribution in [0.3, 0.4) is 0 Å². The minimum atomic E-state index is -0.351. The molecule has 25 heavy (non-hydrogen) atoms. The maximum Gasteiger partial charge on any atom is 0.268 e. The van der Waals surface area contributed by atoms with Crippen LogP contribution < -0.4 is 10.9 Å². The van der Waals surface area contributed by atoms with Crippen LogP contribution in [0.15, 0.2) is 69.9 Å². The molecule has 124 valence electrons. The van der Waals surface area contributed by atoms with Crippen LogP contribution >= 0.6 is 0 Å². The Morgan fingerprint density at radius 2 is 1.76 bits per heavy atom. The van der Waals surface area contributed by atoms with E-state index in [9.17, 15) is 9.59 Å². The van der Waals surface area contributed by atoms with E-state index >= 15 is 0 Å². The third-order valence-corrected chi connectivity index (χ3v) is 4.22. The van der Waals surface area contributed by atoms with Crippen LogP contribution in [0.5, 0.6) is 0 Å². The van der Waals surface area contributed by atoms with Gasteiger partial charge in [-0.05, 0) is 36.6 Å². The molecule has 5 nitrogen and oxygen atoms in total. The predicted octanol–water partition coefficient (Wildman–Crippen LogP) is 3.77. The zero-order chi connectivity index (χ0) is 17.4. The van der Waals surface area contributed by atoms with Gasteiger partial charge >= 0.3 is 0 Å². The smallest absolute Gasteiger partial charge is 0.268 e. The summed E-state index contributed by atoms with van der Waals surface area (Å²) in [5, 5.41) is 5.14. The molecule has 5 heteroatoms. The molecule has 0 aliphatic rings. The lowest BCUT2D eigenvalue weighted by molar-refractivity contribution is 0.0930. The highest BCUT2D eigenvalue weighted by molar-refractivity contribution is 5.96. The van der Waals surface area contributed by atoms with Crippen molar-refractivity contribution in [2.24, 2.45) is 0 Å². The summed E-state index contributed by atoms with van der Waals surface area (Å²) in [5.74, 6) is 0.313. The summed E-state index contributed by atoms with van der Waals surface area (Å²) in [6.07, 6.45) is 0. The maximum absolute atomic E-state index is 12.5. The summed E-state index contributed by atoms with van der Waals surface area (Å²) >= 11 is 0. The number of carbonyl (C=O) groups excluding carboxylic acids is 1. The molecule has 4 rings (SSSR count). The zero-order valence-corrected chi connectivity index (χ0v) is 13.6. The summed E-state index contributed by atoms with van der Waals surface area (Å²) in [5.41, 5.74) is 0.726. The van der Waals surface area contributed by atoms with Crippen molar-refractivity contribution < 1.29 is 9.21 Å². The first-order valence-electron chi connectivity index (χ1n) is 8.03. The topological polar surface area (TPSA) is 75.1 Å². The summed E-state index contributed by atoms with van der Waals surface area (Å²) in [6, 6.07) is 18.1. The molecule has 0 bridgehead atoms. The van der Waals surface area contributed by atoms with E-state index in [-0.39, 0.29) is 23.2 Å². The van der Waals surface area contributed by atoms with Gasteiger partial charge in [0.05, 0.1) is 6.04 Å². The highest BCUT2D eigenvalue weighted by Crippen LogP contribution is 2.23. The van der Waals surface area contributed by atoms with Gasteiger partial charge in [-0.25, -0.2) is 0 Å². The van der Waals surface area contributed by atoms with Crippen LogP contribution in [-0.4, -0.2) is 10.9 Å². The molecule has 0 spiro atoms. The normalized spacial score (nSPS) is 12.4. The number of para-hydroxylation sites is 1. The van der Waals surface area contributed by atoms with Crippen LogP contribution in [0.4, 0.5) is 0 Å². The Hall–Kier alpha value is -3.34. The van der Waals surface area contributed by atoms with E-state index in [4.69, 9.17) is 4.42 Å². The summed E-state index contributed by atoms with van der Waals surface area (Å²) < 4.78 is 5.77. The molecule has 0 aliphatic carbocycles. The summed E-state index contributed by atoms with van der Waals surface area (Å²) in [7, 11) is 0. The van der Waals surface area contributed by atoms with Gasteiger partial charge in [0.15, 0.2) is 0 Å². The van der Waals surface area contributed by atoms with Crippen LogP contribution in [-0.2, 0) is 0 Å². The number of benzene rings is 2. The van der Waals surface area contributed by atoms with E-state index in [1.165, 1.54) is 0 Å². The van der Waals surface area contributed by atoms with E-state index in [1.807, 2.05) is 49.4 Å². The number of aromatic nitrogens is 1. The van der Waals surface area contributed by atoms with Crippen molar-refractivity contribution in [3.05, 3.63) is 82.5 Å². The quantitative estimate of drug-likeness (QED) is 0.600. The van der Waals surface area contributed by atoms with Crippen LogP contribution in [0.1, 0.15) is 29.2 Å². The van der Waals surface area contributed by atoms with E-state index in [0.717, 1.165) is 16.4 Å². The highest BCUT2D eigenvalue weighted by Gasteiger charge is 2.16. The van der Waals surface area contributed by atoms with Gasteiger partial charge in [-0.15, -0.1) is 0 Å². The van der Waals surface area contributed by atoms with E-state index in [0.29, 0.717) is 11.1 Å². The third kappa shape index (κ3) is 2.80. The molecule has 0 fully saturated rings. The number of furan rings is 1. The fourth-order valence-electron chi connectivity index (χ4n) is 2.89. The van der Waals surface area contributed by atoms with Gasteiger partial charge in [-0.2, -0.15) is 0 Å². The first-order chi connectivity index (χ1) is 12.1. The van der Waals surface area contributed by atoms with Crippen LogP contribution in [0.25, 0.3) is 21.7 Å². The number of carbonyl (C=O) groups is 1. The van der Waals surface area contributed by atoms with Gasteiger partial charge in [0.2, 0.25) is 0 Å². The Bertz CT molecular complexity index is 1110. The second-order valence-corrected chi connectivity index (χ2v) is 5.98. The molecule has 1 unspecified atom stereocenters. The van der Waals surface area contributed by atoms with Crippen molar-refractivity contribution in [1.29, 1.82) is 0 Å². The number of H-pyrrole nitrogens is 1. The number of pyridine rings is 1. The Kier molecular flexibility index (Phi) is 3.61. The number of fused-ring (bicyclic) bond motifs is 2. The Morgan fingerprint density at radius 3 is 2.56 bits per heavy atom. The molecule has 4 aromatic rings. The minimum Gasteiger partial charge on any atom is -0.459 e. The van der Waals surface area contributed by atoms with Gasteiger partial charge in [-0.3, -0.25) is 9.59 Å². The van der Waals surface area contributed by atoms with Gasteiger partial charge < -0.3 is 14.7 Å². The van der Waals surface area contributed by atoms with Crippen molar-refractivity contribution in [1.82, 2.24) is 10.3 Å². The molecule has 2 aromatic carbocycles. The molecule has 0 saturated carbocycles.